The topological polar surface area (TPSA) is 196 Å². The molecule has 37 heavy (non-hydrogen) atoms. The largest absolute Gasteiger partial charge is 0.477 e. The number of thiazole rings is 1. The van der Waals surface area contributed by atoms with Crippen LogP contribution in [0.2, 0.25) is 0 Å². The number of aromatic amines is 1. The summed E-state index contributed by atoms with van der Waals surface area (Å²) in [4.78, 5) is 80.2. The van der Waals surface area contributed by atoms with Crippen molar-refractivity contribution in [1.82, 2.24) is 30.0 Å². The van der Waals surface area contributed by atoms with Crippen LogP contribution in [-0.2, 0) is 26.2 Å². The van der Waals surface area contributed by atoms with E-state index in [1.54, 1.807) is 0 Å². The molecule has 1 unspecified atom stereocenters. The summed E-state index contributed by atoms with van der Waals surface area (Å²) in [6.45, 7) is 0. The number of aryl methyl sites for hydroxylation is 1. The lowest BCUT2D eigenvalue weighted by Crippen LogP contribution is -2.70. The number of carboxylic acid groups (broad SMARTS) is 1. The fourth-order valence-electron chi connectivity index (χ4n) is 3.49. The summed E-state index contributed by atoms with van der Waals surface area (Å²) in [5.74, 6) is -2.30. The predicted molar refractivity (Wildman–Crippen MR) is 136 cm³/mol. The van der Waals surface area contributed by atoms with Crippen molar-refractivity contribution >= 4 is 81.4 Å². The maximum absolute atomic E-state index is 12.9. The molecule has 1 fully saturated rings. The Hall–Kier alpha value is -3.41. The van der Waals surface area contributed by atoms with Gasteiger partial charge in [0.2, 0.25) is 6.41 Å². The van der Waals surface area contributed by atoms with Gasteiger partial charge < -0.3 is 15.7 Å². The number of carboxylic acids is 1. The molecule has 1 saturated heterocycles. The van der Waals surface area contributed by atoms with E-state index in [-0.39, 0.29) is 38.8 Å². The number of thioether (sulfide) groups is 2. The monoisotopic (exact) mass is 585 g/mol. The minimum Gasteiger partial charge on any atom is -0.477 e. The number of hydrogen-bond donors (Lipinski definition) is 4. The first-order valence-corrected chi connectivity index (χ1v) is 13.5. The molecule has 0 aromatic carbocycles. The van der Waals surface area contributed by atoms with Crippen molar-refractivity contribution in [2.45, 2.75) is 16.6 Å². The van der Waals surface area contributed by atoms with E-state index in [1.165, 1.54) is 28.9 Å². The number of fused-ring (bicyclic) bond motifs is 1. The Morgan fingerprint density at radius 1 is 1.35 bits per heavy atom. The molecule has 0 aliphatic carbocycles. The third-order valence-corrected chi connectivity index (χ3v) is 8.62. The number of carbonyl (C=O) groups is 4. The minimum absolute atomic E-state index is 0.0333. The molecule has 2 aliphatic heterocycles. The molecule has 3 amide bonds. The molecule has 2 aromatic heterocycles. The van der Waals surface area contributed by atoms with Gasteiger partial charge in [0.15, 0.2) is 10.3 Å². The predicted octanol–water partition coefficient (Wildman–Crippen LogP) is -0.396. The Kier molecular flexibility index (Phi) is 7.86. The summed E-state index contributed by atoms with van der Waals surface area (Å²) in [6.07, 6.45) is 0.438. The molecule has 4 rings (SSSR count). The second-order valence-electron chi connectivity index (χ2n) is 7.43. The molecule has 4 N–H and O–H groups in total. The van der Waals surface area contributed by atoms with Gasteiger partial charge in [-0.25, -0.2) is 9.78 Å². The van der Waals surface area contributed by atoms with E-state index in [1.807, 2.05) is 0 Å². The SMILES string of the molecule is Cn1[nH]c(=O)c(=O)nc1SCC1=C(C(=O)O)N2C(=O)C(NC(=O)C(=CCl)c3csc(NC=O)n3)[C@H]2SC1. The number of rotatable bonds is 9. The lowest BCUT2D eigenvalue weighted by atomic mass is 10.0. The number of halogens is 1. The van der Waals surface area contributed by atoms with E-state index in [0.717, 1.165) is 33.5 Å². The maximum Gasteiger partial charge on any atom is 0.352 e. The summed E-state index contributed by atoms with van der Waals surface area (Å²) in [5.41, 5.74) is -0.490. The third kappa shape index (κ3) is 5.20. The number of H-pyrrole nitrogens is 1. The Morgan fingerprint density at radius 3 is 2.78 bits per heavy atom. The number of carbonyl (C=O) groups excluding carboxylic acids is 3. The summed E-state index contributed by atoms with van der Waals surface area (Å²) < 4.78 is 1.25. The quantitative estimate of drug-likeness (QED) is 0.0982. The second-order valence-corrected chi connectivity index (χ2v) is 10.6. The van der Waals surface area contributed by atoms with E-state index in [4.69, 9.17) is 11.6 Å². The zero-order valence-electron chi connectivity index (χ0n) is 18.6. The number of amides is 3. The lowest BCUT2D eigenvalue weighted by Gasteiger charge is -2.49. The van der Waals surface area contributed by atoms with Crippen LogP contribution in [0.4, 0.5) is 5.13 Å². The number of hydrogen-bond acceptors (Lipinski definition) is 11. The second kappa shape index (κ2) is 10.9. The molecule has 0 saturated carbocycles. The van der Waals surface area contributed by atoms with Gasteiger partial charge in [0.1, 0.15) is 17.1 Å². The average Bonchev–Trinajstić information content (AvgIpc) is 3.31. The van der Waals surface area contributed by atoms with Gasteiger partial charge in [0, 0.05) is 29.5 Å². The highest BCUT2D eigenvalue weighted by molar-refractivity contribution is 8.01. The van der Waals surface area contributed by atoms with Crippen molar-refractivity contribution in [3.63, 3.8) is 0 Å². The molecule has 2 atom stereocenters. The van der Waals surface area contributed by atoms with Gasteiger partial charge in [-0.1, -0.05) is 23.4 Å². The molecule has 0 radical (unpaired) electrons. The van der Waals surface area contributed by atoms with Crippen LogP contribution in [0, 0.1) is 0 Å². The fourth-order valence-corrected chi connectivity index (χ4v) is 6.78. The molecule has 4 heterocycles. The van der Waals surface area contributed by atoms with Crippen molar-refractivity contribution < 1.29 is 24.3 Å². The minimum atomic E-state index is -1.32. The summed E-state index contributed by atoms with van der Waals surface area (Å²) in [7, 11) is 1.48. The van der Waals surface area contributed by atoms with E-state index >= 15 is 0 Å². The van der Waals surface area contributed by atoms with Crippen molar-refractivity contribution in [1.29, 1.82) is 0 Å². The Balaban J connectivity index is 1.49. The van der Waals surface area contributed by atoms with Crippen LogP contribution >= 0.6 is 46.5 Å². The lowest BCUT2D eigenvalue weighted by molar-refractivity contribution is -0.150. The normalized spacial score (nSPS) is 19.2. The van der Waals surface area contributed by atoms with Crippen LogP contribution in [0.3, 0.4) is 0 Å². The first kappa shape index (κ1) is 26.6. The van der Waals surface area contributed by atoms with Gasteiger partial charge in [-0.05, 0) is 5.57 Å². The smallest absolute Gasteiger partial charge is 0.352 e. The molecule has 0 spiro atoms. The van der Waals surface area contributed by atoms with Crippen LogP contribution in [-0.4, -0.2) is 76.9 Å². The highest BCUT2D eigenvalue weighted by Gasteiger charge is 2.54. The Labute approximate surface area is 224 Å². The van der Waals surface area contributed by atoms with Crippen molar-refractivity contribution in [2.24, 2.45) is 7.05 Å². The van der Waals surface area contributed by atoms with E-state index < -0.39 is 40.3 Å². The molecular formula is C19H16ClN7O7S3. The van der Waals surface area contributed by atoms with E-state index in [9.17, 15) is 33.9 Å². The first-order chi connectivity index (χ1) is 17.7. The van der Waals surface area contributed by atoms with Crippen LogP contribution < -0.4 is 21.8 Å². The summed E-state index contributed by atoms with van der Waals surface area (Å²) >= 11 is 9.19. The standard InChI is InChI=1S/C19H16ClN7O7S3/c1-26-19(24-13(30)14(31)25-26)37-4-7-3-35-16-10(15(32)27(16)11(7)17(33)34)23-12(29)8(2-20)9-5-36-18(22-9)21-6-28/h2,5-6,10,16H,3-4H2,1H3,(H,23,29)(H,25,31)(H,33,34)(H,21,22,28)/t10?,16-/m1/s1. The van der Waals surface area contributed by atoms with Gasteiger partial charge in [-0.15, -0.1) is 23.1 Å². The molecule has 2 aliphatic rings. The molecule has 0 bridgehead atoms. The number of anilines is 1. The number of aromatic nitrogens is 4. The first-order valence-electron chi connectivity index (χ1n) is 10.1. The van der Waals surface area contributed by atoms with Crippen molar-refractivity contribution in [2.75, 3.05) is 16.8 Å². The Bertz CT molecular complexity index is 1480. The Morgan fingerprint density at radius 2 is 2.11 bits per heavy atom. The van der Waals surface area contributed by atoms with E-state index in [0.29, 0.717) is 12.0 Å². The molecule has 14 nitrogen and oxygen atoms in total. The van der Waals surface area contributed by atoms with Crippen molar-refractivity contribution in [3.8, 4) is 0 Å². The highest BCUT2D eigenvalue weighted by Crippen LogP contribution is 2.41. The van der Waals surface area contributed by atoms with Crippen molar-refractivity contribution in [3.05, 3.63) is 48.6 Å². The van der Waals surface area contributed by atoms with Gasteiger partial charge in [0.25, 0.3) is 11.8 Å². The zero-order chi connectivity index (χ0) is 26.9. The number of nitrogens with one attached hydrogen (secondary N) is 3. The number of β-lactam (4-membered cyclic amide) rings is 1. The van der Waals surface area contributed by atoms with E-state index in [2.05, 4.69) is 25.7 Å². The fraction of sp³-hybridized carbons (Fsp3) is 0.263. The van der Waals surface area contributed by atoms with Gasteiger partial charge in [-0.3, -0.25) is 38.7 Å². The van der Waals surface area contributed by atoms with Gasteiger partial charge >= 0.3 is 17.1 Å². The summed E-state index contributed by atoms with van der Waals surface area (Å²) in [6, 6.07) is -0.999. The maximum atomic E-state index is 12.9. The molecule has 194 valence electrons. The number of aliphatic carboxylic acids is 1. The third-order valence-electron chi connectivity index (χ3n) is 5.18. The van der Waals surface area contributed by atoms with Crippen LogP contribution in [0.25, 0.3) is 5.57 Å². The van der Waals surface area contributed by atoms with Crippen LogP contribution in [0.1, 0.15) is 5.69 Å². The summed E-state index contributed by atoms with van der Waals surface area (Å²) in [5, 5.41) is 18.3. The zero-order valence-corrected chi connectivity index (χ0v) is 21.8. The molecular weight excluding hydrogens is 570 g/mol. The average molecular weight is 586 g/mol. The highest BCUT2D eigenvalue weighted by atomic mass is 35.5. The number of nitrogens with zero attached hydrogens (tertiary/aromatic N) is 4. The van der Waals surface area contributed by atoms with Crippen LogP contribution in [0.15, 0.2) is 36.9 Å². The van der Waals surface area contributed by atoms with Gasteiger partial charge in [-0.2, -0.15) is 4.98 Å². The van der Waals surface area contributed by atoms with Gasteiger partial charge in [0.05, 0.1) is 11.3 Å². The molecule has 18 heteroatoms. The van der Waals surface area contributed by atoms with Crippen LogP contribution in [0.5, 0.6) is 0 Å². The molecule has 2 aromatic rings.